The van der Waals surface area contributed by atoms with E-state index in [0.717, 1.165) is 43.5 Å². The van der Waals surface area contributed by atoms with Gasteiger partial charge in [0.15, 0.2) is 0 Å². The number of carbonyl (C=O) groups is 1. The number of furan rings is 1. The number of hydrogen-bond donors (Lipinski definition) is 1. The molecule has 2 aromatic heterocycles. The monoisotopic (exact) mass is 365 g/mol. The van der Waals surface area contributed by atoms with Crippen LogP contribution in [0, 0.1) is 0 Å². The Kier molecular flexibility index (Phi) is 5.05. The van der Waals surface area contributed by atoms with Gasteiger partial charge in [0.2, 0.25) is 5.91 Å². The molecule has 140 valence electrons. The highest BCUT2D eigenvalue weighted by Crippen LogP contribution is 2.31. The Hall–Kier alpha value is -2.89. The van der Waals surface area contributed by atoms with E-state index in [9.17, 15) is 9.59 Å². The molecule has 1 atom stereocenters. The number of benzene rings is 1. The molecule has 6 nitrogen and oxygen atoms in total. The third kappa shape index (κ3) is 3.79. The Balaban J connectivity index is 1.51. The number of carbonyl (C=O) groups excluding carboxylic acids is 1. The Morgan fingerprint density at radius 1 is 1.19 bits per heavy atom. The summed E-state index contributed by atoms with van der Waals surface area (Å²) in [4.78, 5) is 34.4. The fraction of sp³-hybridized carbons (Fsp3) is 0.381. The summed E-state index contributed by atoms with van der Waals surface area (Å²) in [6.45, 7) is 0.728. The zero-order chi connectivity index (χ0) is 18.6. The zero-order valence-electron chi connectivity index (χ0n) is 15.2. The minimum Gasteiger partial charge on any atom is -0.467 e. The highest BCUT2D eigenvalue weighted by molar-refractivity contribution is 5.77. The van der Waals surface area contributed by atoms with Crippen LogP contribution in [-0.2, 0) is 11.2 Å². The number of aromatic amines is 1. The van der Waals surface area contributed by atoms with E-state index in [1.165, 1.54) is 0 Å². The predicted octanol–water partition coefficient (Wildman–Crippen LogP) is 3.59. The van der Waals surface area contributed by atoms with E-state index in [4.69, 9.17) is 4.42 Å². The van der Waals surface area contributed by atoms with Crippen LogP contribution in [-0.4, -0.2) is 27.3 Å². The quantitative estimate of drug-likeness (QED) is 0.766. The van der Waals surface area contributed by atoms with Crippen molar-refractivity contribution in [1.29, 1.82) is 0 Å². The summed E-state index contributed by atoms with van der Waals surface area (Å²) in [7, 11) is 0. The van der Waals surface area contributed by atoms with Gasteiger partial charge in [-0.3, -0.25) is 9.59 Å². The van der Waals surface area contributed by atoms with Crippen LogP contribution in [0.15, 0.2) is 51.9 Å². The van der Waals surface area contributed by atoms with Gasteiger partial charge < -0.3 is 14.3 Å². The molecule has 1 unspecified atom stereocenters. The number of aryl methyl sites for hydroxylation is 1. The van der Waals surface area contributed by atoms with Gasteiger partial charge in [0, 0.05) is 19.4 Å². The standard InChI is InChI=1S/C21H23N3O3/c25-20(24-13-5-1-2-9-18(24)19-10-6-14-27-19)12-11-17-21(26)23-16-8-4-3-7-15(16)22-17/h3-4,6-8,10,14,18H,1-2,5,9,11-13H2,(H,23,26). The van der Waals surface area contributed by atoms with E-state index in [1.54, 1.807) is 6.26 Å². The number of aromatic nitrogens is 2. The van der Waals surface area contributed by atoms with E-state index < -0.39 is 0 Å². The van der Waals surface area contributed by atoms with Crippen LogP contribution in [0.1, 0.15) is 49.6 Å². The summed E-state index contributed by atoms with van der Waals surface area (Å²) in [5.41, 5.74) is 1.64. The Morgan fingerprint density at radius 3 is 2.93 bits per heavy atom. The molecule has 1 aliphatic rings. The molecule has 1 aliphatic heterocycles. The van der Waals surface area contributed by atoms with Gasteiger partial charge in [0.1, 0.15) is 11.5 Å². The molecule has 1 saturated heterocycles. The molecule has 4 rings (SSSR count). The summed E-state index contributed by atoms with van der Waals surface area (Å²) in [5, 5.41) is 0. The van der Waals surface area contributed by atoms with Crippen LogP contribution in [0.5, 0.6) is 0 Å². The SMILES string of the molecule is O=C(CCc1nc2ccccc2[nH]c1=O)N1CCCCCC1c1ccco1. The molecular weight excluding hydrogens is 342 g/mol. The van der Waals surface area contributed by atoms with Crippen molar-refractivity contribution in [3.05, 3.63) is 64.5 Å². The maximum absolute atomic E-state index is 12.9. The molecule has 3 heterocycles. The van der Waals surface area contributed by atoms with Crippen molar-refractivity contribution >= 4 is 16.9 Å². The average Bonchev–Trinajstić information content (AvgIpc) is 3.10. The number of fused-ring (bicyclic) bond motifs is 1. The smallest absolute Gasteiger partial charge is 0.270 e. The van der Waals surface area contributed by atoms with E-state index in [2.05, 4.69) is 9.97 Å². The summed E-state index contributed by atoms with van der Waals surface area (Å²) >= 11 is 0. The molecule has 1 N–H and O–H groups in total. The van der Waals surface area contributed by atoms with E-state index in [0.29, 0.717) is 17.6 Å². The van der Waals surface area contributed by atoms with Crippen LogP contribution in [0.4, 0.5) is 0 Å². The lowest BCUT2D eigenvalue weighted by Crippen LogP contribution is -2.35. The number of nitrogens with zero attached hydrogens (tertiary/aromatic N) is 2. The maximum Gasteiger partial charge on any atom is 0.270 e. The first-order valence-electron chi connectivity index (χ1n) is 9.53. The second-order valence-electron chi connectivity index (χ2n) is 7.00. The first kappa shape index (κ1) is 17.5. The summed E-state index contributed by atoms with van der Waals surface area (Å²) < 4.78 is 5.58. The highest BCUT2D eigenvalue weighted by atomic mass is 16.3. The first-order valence-corrected chi connectivity index (χ1v) is 9.53. The van der Waals surface area contributed by atoms with Crippen LogP contribution >= 0.6 is 0 Å². The summed E-state index contributed by atoms with van der Waals surface area (Å²) in [6.07, 6.45) is 6.37. The van der Waals surface area contributed by atoms with Gasteiger partial charge in [-0.2, -0.15) is 0 Å². The van der Waals surface area contributed by atoms with Crippen molar-refractivity contribution in [3.63, 3.8) is 0 Å². The van der Waals surface area contributed by atoms with Gasteiger partial charge in [-0.25, -0.2) is 4.98 Å². The number of nitrogens with one attached hydrogen (secondary N) is 1. The number of amides is 1. The molecule has 1 fully saturated rings. The van der Waals surface area contributed by atoms with Gasteiger partial charge in [-0.15, -0.1) is 0 Å². The second kappa shape index (κ2) is 7.78. The van der Waals surface area contributed by atoms with Crippen molar-refractivity contribution in [2.45, 2.75) is 44.6 Å². The van der Waals surface area contributed by atoms with Crippen LogP contribution in [0.2, 0.25) is 0 Å². The molecule has 0 spiro atoms. The van der Waals surface area contributed by atoms with E-state index in [1.807, 2.05) is 41.3 Å². The normalized spacial score (nSPS) is 17.8. The summed E-state index contributed by atoms with van der Waals surface area (Å²) in [6, 6.07) is 11.2. The maximum atomic E-state index is 12.9. The van der Waals surface area contributed by atoms with Crippen LogP contribution in [0.25, 0.3) is 11.0 Å². The van der Waals surface area contributed by atoms with Crippen LogP contribution < -0.4 is 5.56 Å². The number of H-pyrrole nitrogens is 1. The lowest BCUT2D eigenvalue weighted by Gasteiger charge is -2.28. The topological polar surface area (TPSA) is 79.2 Å². The molecule has 27 heavy (non-hydrogen) atoms. The van der Waals surface area contributed by atoms with E-state index in [-0.39, 0.29) is 23.9 Å². The minimum absolute atomic E-state index is 0.0159. The zero-order valence-corrected chi connectivity index (χ0v) is 15.2. The van der Waals surface area contributed by atoms with Crippen molar-refractivity contribution in [1.82, 2.24) is 14.9 Å². The van der Waals surface area contributed by atoms with Gasteiger partial charge in [0.25, 0.3) is 5.56 Å². The number of likely N-dealkylation sites (tertiary alicyclic amines) is 1. The number of rotatable bonds is 4. The lowest BCUT2D eigenvalue weighted by atomic mass is 10.1. The van der Waals surface area contributed by atoms with Crippen LogP contribution in [0.3, 0.4) is 0 Å². The van der Waals surface area contributed by atoms with E-state index >= 15 is 0 Å². The predicted molar refractivity (Wildman–Crippen MR) is 102 cm³/mol. The van der Waals surface area contributed by atoms with Gasteiger partial charge in [0.05, 0.1) is 23.3 Å². The largest absolute Gasteiger partial charge is 0.467 e. The Labute approximate surface area is 157 Å². The molecule has 3 aromatic rings. The third-order valence-electron chi connectivity index (χ3n) is 5.19. The average molecular weight is 365 g/mol. The van der Waals surface area contributed by atoms with Crippen molar-refractivity contribution in [3.8, 4) is 0 Å². The molecule has 1 aromatic carbocycles. The fourth-order valence-electron chi connectivity index (χ4n) is 3.79. The van der Waals surface area contributed by atoms with Gasteiger partial charge in [-0.1, -0.05) is 25.0 Å². The second-order valence-corrected chi connectivity index (χ2v) is 7.00. The van der Waals surface area contributed by atoms with Crippen molar-refractivity contribution < 1.29 is 9.21 Å². The highest BCUT2D eigenvalue weighted by Gasteiger charge is 2.28. The first-order chi connectivity index (χ1) is 13.2. The molecule has 0 radical (unpaired) electrons. The van der Waals surface area contributed by atoms with Crippen molar-refractivity contribution in [2.75, 3.05) is 6.54 Å². The fourth-order valence-corrected chi connectivity index (χ4v) is 3.79. The lowest BCUT2D eigenvalue weighted by molar-refractivity contribution is -0.134. The Morgan fingerprint density at radius 2 is 2.07 bits per heavy atom. The third-order valence-corrected chi connectivity index (χ3v) is 5.19. The molecule has 0 aliphatic carbocycles. The van der Waals surface area contributed by atoms with Crippen molar-refractivity contribution in [2.24, 2.45) is 0 Å². The molecule has 0 bridgehead atoms. The molecular formula is C21H23N3O3. The Bertz CT molecular complexity index is 978. The number of hydrogen-bond acceptors (Lipinski definition) is 4. The minimum atomic E-state index is -0.222. The molecule has 6 heteroatoms. The number of para-hydroxylation sites is 2. The van der Waals surface area contributed by atoms with Gasteiger partial charge >= 0.3 is 0 Å². The summed E-state index contributed by atoms with van der Waals surface area (Å²) in [5.74, 6) is 0.889. The molecule has 1 amide bonds. The molecule has 0 saturated carbocycles. The van der Waals surface area contributed by atoms with Gasteiger partial charge in [-0.05, 0) is 37.1 Å².